The molecule has 2 rings (SSSR count). The Bertz CT molecular complexity index is 393. The lowest BCUT2D eigenvalue weighted by molar-refractivity contribution is -0.138. The van der Waals surface area contributed by atoms with Crippen molar-refractivity contribution in [3.63, 3.8) is 0 Å². The van der Waals surface area contributed by atoms with Crippen LogP contribution in [0.4, 0.5) is 0 Å². The van der Waals surface area contributed by atoms with E-state index in [9.17, 15) is 4.79 Å². The SMILES string of the molecule is CC(C(=O)O)c1ccc(OC2CCOCC2)cc1. The quantitative estimate of drug-likeness (QED) is 0.891. The van der Waals surface area contributed by atoms with Gasteiger partial charge in [0.15, 0.2) is 0 Å². The molecule has 4 nitrogen and oxygen atoms in total. The number of hydrogen-bond acceptors (Lipinski definition) is 3. The van der Waals surface area contributed by atoms with Gasteiger partial charge in [0.2, 0.25) is 0 Å². The van der Waals surface area contributed by atoms with Gasteiger partial charge >= 0.3 is 5.97 Å². The number of hydrogen-bond donors (Lipinski definition) is 1. The minimum atomic E-state index is -0.812. The Morgan fingerprint density at radius 2 is 1.94 bits per heavy atom. The van der Waals surface area contributed by atoms with Crippen molar-refractivity contribution in [3.8, 4) is 5.75 Å². The summed E-state index contributed by atoms with van der Waals surface area (Å²) in [6.45, 7) is 3.17. The first-order chi connectivity index (χ1) is 8.66. The van der Waals surface area contributed by atoms with Crippen molar-refractivity contribution in [2.24, 2.45) is 0 Å². The molecule has 0 aliphatic carbocycles. The third-order valence-corrected chi connectivity index (χ3v) is 3.22. The molecule has 1 fully saturated rings. The Hall–Kier alpha value is -1.55. The Morgan fingerprint density at radius 3 is 2.50 bits per heavy atom. The number of benzene rings is 1. The molecule has 1 N–H and O–H groups in total. The van der Waals surface area contributed by atoms with E-state index in [1.165, 1.54) is 0 Å². The van der Waals surface area contributed by atoms with Gasteiger partial charge in [-0.2, -0.15) is 0 Å². The molecule has 0 aromatic heterocycles. The number of carboxylic acid groups (broad SMARTS) is 1. The zero-order valence-corrected chi connectivity index (χ0v) is 10.5. The molecule has 4 heteroatoms. The highest BCUT2D eigenvalue weighted by Gasteiger charge is 2.16. The van der Waals surface area contributed by atoms with Crippen LogP contribution < -0.4 is 4.74 Å². The van der Waals surface area contributed by atoms with Gasteiger partial charge in [-0.1, -0.05) is 12.1 Å². The number of rotatable bonds is 4. The van der Waals surface area contributed by atoms with Crippen molar-refractivity contribution in [1.82, 2.24) is 0 Å². The second-order valence-corrected chi connectivity index (χ2v) is 4.56. The summed E-state index contributed by atoms with van der Waals surface area (Å²) in [5.74, 6) is -0.501. The van der Waals surface area contributed by atoms with Crippen molar-refractivity contribution in [3.05, 3.63) is 29.8 Å². The lowest BCUT2D eigenvalue weighted by Gasteiger charge is -2.23. The fourth-order valence-corrected chi connectivity index (χ4v) is 1.96. The van der Waals surface area contributed by atoms with Gasteiger partial charge < -0.3 is 14.6 Å². The van der Waals surface area contributed by atoms with Crippen LogP contribution in [0.1, 0.15) is 31.2 Å². The summed E-state index contributed by atoms with van der Waals surface area (Å²) in [5, 5.41) is 8.92. The Morgan fingerprint density at radius 1 is 1.33 bits per heavy atom. The van der Waals surface area contributed by atoms with Crippen LogP contribution in [0.3, 0.4) is 0 Å². The predicted molar refractivity (Wildman–Crippen MR) is 67.0 cm³/mol. The summed E-state index contributed by atoms with van der Waals surface area (Å²) < 4.78 is 11.1. The molecular formula is C14H18O4. The lowest BCUT2D eigenvalue weighted by atomic mass is 10.0. The molecular weight excluding hydrogens is 232 g/mol. The molecule has 0 saturated carbocycles. The molecule has 1 heterocycles. The number of ether oxygens (including phenoxy) is 2. The number of carbonyl (C=O) groups is 1. The first-order valence-corrected chi connectivity index (χ1v) is 6.24. The van der Waals surface area contributed by atoms with Gasteiger partial charge in [-0.05, 0) is 24.6 Å². The summed E-state index contributed by atoms with van der Waals surface area (Å²) in [7, 11) is 0. The minimum absolute atomic E-state index is 0.210. The molecule has 1 aromatic rings. The van der Waals surface area contributed by atoms with E-state index < -0.39 is 11.9 Å². The van der Waals surface area contributed by atoms with E-state index in [1.54, 1.807) is 6.92 Å². The molecule has 0 radical (unpaired) electrons. The summed E-state index contributed by atoms with van der Waals surface area (Å²) in [6.07, 6.45) is 2.03. The second kappa shape index (κ2) is 5.87. The van der Waals surface area contributed by atoms with Crippen molar-refractivity contribution in [2.75, 3.05) is 13.2 Å². The highest BCUT2D eigenvalue weighted by molar-refractivity contribution is 5.75. The Balaban J connectivity index is 1.96. The first-order valence-electron chi connectivity index (χ1n) is 6.24. The van der Waals surface area contributed by atoms with Gasteiger partial charge in [0, 0.05) is 12.8 Å². The molecule has 1 aromatic carbocycles. The standard InChI is InChI=1S/C14H18O4/c1-10(14(15)16)11-2-4-12(5-3-11)18-13-6-8-17-9-7-13/h2-5,10,13H,6-9H2,1H3,(H,15,16). The number of aliphatic carboxylic acids is 1. The fraction of sp³-hybridized carbons (Fsp3) is 0.500. The molecule has 1 saturated heterocycles. The van der Waals surface area contributed by atoms with Gasteiger partial charge in [-0.25, -0.2) is 0 Å². The zero-order chi connectivity index (χ0) is 13.0. The van der Waals surface area contributed by atoms with Crippen LogP contribution in [0.15, 0.2) is 24.3 Å². The summed E-state index contributed by atoms with van der Waals surface area (Å²) in [5.41, 5.74) is 0.793. The van der Waals surface area contributed by atoms with Gasteiger partial charge in [0.05, 0.1) is 19.1 Å². The van der Waals surface area contributed by atoms with Crippen LogP contribution in [0.25, 0.3) is 0 Å². The largest absolute Gasteiger partial charge is 0.490 e. The normalized spacial score (nSPS) is 18.3. The van der Waals surface area contributed by atoms with Crippen LogP contribution in [0.2, 0.25) is 0 Å². The van der Waals surface area contributed by atoms with Crippen LogP contribution in [-0.4, -0.2) is 30.4 Å². The van der Waals surface area contributed by atoms with E-state index >= 15 is 0 Å². The Kier molecular flexibility index (Phi) is 4.20. The van der Waals surface area contributed by atoms with E-state index in [1.807, 2.05) is 24.3 Å². The van der Waals surface area contributed by atoms with Gasteiger partial charge in [-0.3, -0.25) is 4.79 Å². The zero-order valence-electron chi connectivity index (χ0n) is 10.5. The van der Waals surface area contributed by atoms with E-state index in [0.717, 1.165) is 37.4 Å². The molecule has 1 unspecified atom stereocenters. The van der Waals surface area contributed by atoms with Gasteiger partial charge in [0.1, 0.15) is 11.9 Å². The van der Waals surface area contributed by atoms with Gasteiger partial charge in [-0.15, -0.1) is 0 Å². The second-order valence-electron chi connectivity index (χ2n) is 4.56. The van der Waals surface area contributed by atoms with Crippen molar-refractivity contribution in [2.45, 2.75) is 31.8 Å². The van der Waals surface area contributed by atoms with E-state index in [4.69, 9.17) is 14.6 Å². The van der Waals surface area contributed by atoms with Crippen LogP contribution in [0.5, 0.6) is 5.75 Å². The molecule has 18 heavy (non-hydrogen) atoms. The van der Waals surface area contributed by atoms with Crippen LogP contribution >= 0.6 is 0 Å². The Labute approximate surface area is 107 Å². The minimum Gasteiger partial charge on any atom is -0.490 e. The molecule has 1 aliphatic rings. The highest BCUT2D eigenvalue weighted by atomic mass is 16.5. The topological polar surface area (TPSA) is 55.8 Å². The summed E-state index contributed by atoms with van der Waals surface area (Å²) >= 11 is 0. The average molecular weight is 250 g/mol. The summed E-state index contributed by atoms with van der Waals surface area (Å²) in [4.78, 5) is 10.9. The van der Waals surface area contributed by atoms with E-state index in [0.29, 0.717) is 0 Å². The maximum atomic E-state index is 10.9. The third-order valence-electron chi connectivity index (χ3n) is 3.22. The molecule has 0 bridgehead atoms. The molecule has 0 amide bonds. The molecule has 0 spiro atoms. The summed E-state index contributed by atoms with van der Waals surface area (Å²) in [6, 6.07) is 7.30. The molecule has 98 valence electrons. The van der Waals surface area contributed by atoms with Crippen molar-refractivity contribution >= 4 is 5.97 Å². The van der Waals surface area contributed by atoms with Crippen LogP contribution in [0, 0.1) is 0 Å². The number of carboxylic acids is 1. The van der Waals surface area contributed by atoms with Crippen molar-refractivity contribution in [1.29, 1.82) is 0 Å². The van der Waals surface area contributed by atoms with Crippen LogP contribution in [-0.2, 0) is 9.53 Å². The molecule has 1 aliphatic heterocycles. The lowest BCUT2D eigenvalue weighted by Crippen LogP contribution is -2.25. The monoisotopic (exact) mass is 250 g/mol. The third kappa shape index (κ3) is 3.23. The van der Waals surface area contributed by atoms with E-state index in [-0.39, 0.29) is 6.10 Å². The maximum Gasteiger partial charge on any atom is 0.310 e. The highest BCUT2D eigenvalue weighted by Crippen LogP contribution is 2.22. The first kappa shape index (κ1) is 12.9. The average Bonchev–Trinajstić information content (AvgIpc) is 2.40. The molecule has 1 atom stereocenters. The maximum absolute atomic E-state index is 10.9. The predicted octanol–water partition coefficient (Wildman–Crippen LogP) is 2.43. The smallest absolute Gasteiger partial charge is 0.310 e. The van der Waals surface area contributed by atoms with Crippen molar-refractivity contribution < 1.29 is 19.4 Å². The van der Waals surface area contributed by atoms with Gasteiger partial charge in [0.25, 0.3) is 0 Å². The fourth-order valence-electron chi connectivity index (χ4n) is 1.96. The van der Waals surface area contributed by atoms with E-state index in [2.05, 4.69) is 0 Å².